The average Bonchev–Trinajstić information content (AvgIpc) is 3.45. The molecule has 2 aromatic heterocycles. The summed E-state index contributed by atoms with van der Waals surface area (Å²) in [5.74, 6) is -0.278. The molecule has 7 aromatic rings. The fourth-order valence-corrected chi connectivity index (χ4v) is 5.64. The Morgan fingerprint density at radius 2 is 1.47 bits per heavy atom. The second kappa shape index (κ2) is 13.2. The summed E-state index contributed by atoms with van der Waals surface area (Å²) in [6, 6.07) is 33.4. The summed E-state index contributed by atoms with van der Waals surface area (Å²) in [5.41, 5.74) is 2.54. The molecule has 0 radical (unpaired) electrons. The van der Waals surface area contributed by atoms with Crippen molar-refractivity contribution in [2.45, 2.75) is 12.6 Å². The van der Waals surface area contributed by atoms with E-state index in [1.807, 2.05) is 60.7 Å². The van der Waals surface area contributed by atoms with Crippen LogP contribution < -0.4 is 14.2 Å². The molecule has 0 saturated carbocycles. The minimum absolute atomic E-state index is 0.0273. The topological polar surface area (TPSA) is 126 Å². The first-order chi connectivity index (χ1) is 23.9. The lowest BCUT2D eigenvalue weighted by Gasteiger charge is -2.22. The van der Waals surface area contributed by atoms with Crippen molar-refractivity contribution in [3.63, 3.8) is 0 Å². The highest BCUT2D eigenvalue weighted by Gasteiger charge is 2.28. The van der Waals surface area contributed by atoms with Gasteiger partial charge in [0.25, 0.3) is 5.69 Å². The third kappa shape index (κ3) is 6.32. The van der Waals surface area contributed by atoms with E-state index in [2.05, 4.69) is 4.98 Å². The first-order valence-corrected chi connectivity index (χ1v) is 15.1. The maximum Gasteiger partial charge on any atom is 0.519 e. The van der Waals surface area contributed by atoms with Crippen molar-refractivity contribution in [2.75, 3.05) is 0 Å². The Labute approximate surface area is 278 Å². The fourth-order valence-electron chi connectivity index (χ4n) is 5.64. The molecule has 0 amide bonds. The monoisotopic (exact) mass is 655 g/mol. The Morgan fingerprint density at radius 1 is 0.816 bits per heavy atom. The number of aromatic hydroxyl groups is 1. The van der Waals surface area contributed by atoms with Gasteiger partial charge in [0.1, 0.15) is 23.2 Å². The molecule has 0 unspecified atom stereocenters. The van der Waals surface area contributed by atoms with Gasteiger partial charge in [0, 0.05) is 29.9 Å². The summed E-state index contributed by atoms with van der Waals surface area (Å²) in [6.45, 7) is 0.150. The van der Waals surface area contributed by atoms with E-state index in [1.54, 1.807) is 36.7 Å². The van der Waals surface area contributed by atoms with E-state index in [9.17, 15) is 24.4 Å². The number of ether oxygens (including phenoxy) is 3. The third-order valence-corrected chi connectivity index (χ3v) is 7.93. The molecule has 242 valence electrons. The van der Waals surface area contributed by atoms with E-state index in [4.69, 9.17) is 14.2 Å². The van der Waals surface area contributed by atoms with Gasteiger partial charge in [0.15, 0.2) is 11.5 Å². The van der Waals surface area contributed by atoms with Crippen molar-refractivity contribution in [2.24, 2.45) is 0 Å². The fraction of sp³-hybridized carbons (Fsp3) is 0.0526. The molecule has 49 heavy (non-hydrogen) atoms. The Bertz CT molecular complexity index is 2250. The zero-order valence-electron chi connectivity index (χ0n) is 25.6. The first kappa shape index (κ1) is 30.9. The summed E-state index contributed by atoms with van der Waals surface area (Å²) in [6.07, 6.45) is 1.44. The maximum absolute atomic E-state index is 13.7. The van der Waals surface area contributed by atoms with Gasteiger partial charge in [-0.3, -0.25) is 15.1 Å². The number of hydrogen-bond acceptors (Lipinski definition) is 8. The molecule has 0 saturated heterocycles. The normalized spacial score (nSPS) is 11.1. The van der Waals surface area contributed by atoms with Crippen molar-refractivity contribution >= 4 is 33.5 Å². The van der Waals surface area contributed by atoms with Crippen LogP contribution in [0.5, 0.6) is 23.1 Å². The van der Waals surface area contributed by atoms with Crippen LogP contribution >= 0.6 is 0 Å². The highest BCUT2D eigenvalue weighted by atomic mass is 19.1. The predicted molar refractivity (Wildman–Crippen MR) is 180 cm³/mol. The quantitative estimate of drug-likeness (QED) is 0.0708. The van der Waals surface area contributed by atoms with Crippen molar-refractivity contribution in [1.82, 2.24) is 9.55 Å². The van der Waals surface area contributed by atoms with Gasteiger partial charge in [-0.1, -0.05) is 72.8 Å². The number of nitro benzene ring substituents is 1. The van der Waals surface area contributed by atoms with E-state index in [1.165, 1.54) is 41.0 Å². The standard InChI is InChI=1S/C38H26FN3O7/c39-27-15-13-24(14-16-27)22-41-23-31-32(37(41)43)36(48-34(25-8-3-1-4-9-25)26-10-5-2-6-11-26)33-30(12-7-21-40-33)35(31)49-38(44)47-29-19-17-28(18-20-29)42(45)46/h1-21,23,34,43H,22H2. The molecule has 11 heteroatoms. The van der Waals surface area contributed by atoms with E-state index in [0.717, 1.165) is 11.1 Å². The number of nitrogens with zero attached hydrogens (tertiary/aromatic N) is 3. The lowest BCUT2D eigenvalue weighted by atomic mass is 10.0. The SMILES string of the molecule is O=C(Oc1ccc([N+](=O)[O-])cc1)Oc1c2cccnc2c(OC(c2ccccc2)c2ccccc2)c2c(O)n(Cc3ccc(F)cc3)cc12. The van der Waals surface area contributed by atoms with Crippen LogP contribution in [0.3, 0.4) is 0 Å². The highest BCUT2D eigenvalue weighted by molar-refractivity contribution is 6.12. The first-order valence-electron chi connectivity index (χ1n) is 15.1. The van der Waals surface area contributed by atoms with Gasteiger partial charge < -0.3 is 23.9 Å². The van der Waals surface area contributed by atoms with E-state index in [-0.39, 0.29) is 40.7 Å². The van der Waals surface area contributed by atoms with Gasteiger partial charge in [-0.25, -0.2) is 9.18 Å². The second-order valence-electron chi connectivity index (χ2n) is 11.1. The maximum atomic E-state index is 13.7. The summed E-state index contributed by atoms with van der Waals surface area (Å²) in [5, 5.41) is 23.8. The molecule has 0 aliphatic rings. The number of hydrogen-bond donors (Lipinski definition) is 1. The number of rotatable bonds is 9. The molecule has 0 bridgehead atoms. The molecule has 2 heterocycles. The molecule has 1 N–H and O–H groups in total. The number of nitro groups is 1. The molecule has 7 rings (SSSR count). The van der Waals surface area contributed by atoms with Crippen molar-refractivity contribution in [3.8, 4) is 23.1 Å². The molecule has 0 spiro atoms. The van der Waals surface area contributed by atoms with Crippen LogP contribution in [0.1, 0.15) is 22.8 Å². The number of fused-ring (bicyclic) bond motifs is 2. The average molecular weight is 656 g/mol. The number of aromatic nitrogens is 2. The number of carbonyl (C=O) groups excluding carboxylic acids is 1. The summed E-state index contributed by atoms with van der Waals surface area (Å²) in [4.78, 5) is 28.3. The number of pyridine rings is 1. The van der Waals surface area contributed by atoms with Gasteiger partial charge in [-0.2, -0.15) is 0 Å². The summed E-state index contributed by atoms with van der Waals surface area (Å²) >= 11 is 0. The zero-order valence-corrected chi connectivity index (χ0v) is 25.6. The lowest BCUT2D eigenvalue weighted by molar-refractivity contribution is -0.384. The van der Waals surface area contributed by atoms with E-state index >= 15 is 0 Å². The third-order valence-electron chi connectivity index (χ3n) is 7.93. The predicted octanol–water partition coefficient (Wildman–Crippen LogP) is 8.74. The Morgan fingerprint density at radius 3 is 2.10 bits per heavy atom. The van der Waals surface area contributed by atoms with Gasteiger partial charge in [0.2, 0.25) is 5.88 Å². The molecule has 5 aromatic carbocycles. The Kier molecular flexibility index (Phi) is 8.30. The largest absolute Gasteiger partial charge is 0.519 e. The molecule has 0 fully saturated rings. The minimum atomic E-state index is -1.12. The molecular weight excluding hydrogens is 629 g/mol. The zero-order chi connectivity index (χ0) is 33.9. The van der Waals surface area contributed by atoms with Crippen molar-refractivity contribution < 1.29 is 33.4 Å². The van der Waals surface area contributed by atoms with Crippen LogP contribution in [-0.2, 0) is 6.54 Å². The van der Waals surface area contributed by atoms with E-state index in [0.29, 0.717) is 21.9 Å². The lowest BCUT2D eigenvalue weighted by Crippen LogP contribution is -2.14. The van der Waals surface area contributed by atoms with Crippen molar-refractivity contribution in [3.05, 3.63) is 166 Å². The Hall–Kier alpha value is -6.75. The molecule has 0 aliphatic carbocycles. The van der Waals surface area contributed by atoms with Crippen LogP contribution in [0, 0.1) is 15.9 Å². The Balaban J connectivity index is 1.38. The second-order valence-corrected chi connectivity index (χ2v) is 11.1. The molecule has 0 aliphatic heterocycles. The van der Waals surface area contributed by atoms with Crippen molar-refractivity contribution in [1.29, 1.82) is 0 Å². The number of benzene rings is 5. The van der Waals surface area contributed by atoms with Crippen LogP contribution in [0.2, 0.25) is 0 Å². The minimum Gasteiger partial charge on any atom is -0.494 e. The van der Waals surface area contributed by atoms with Gasteiger partial charge >= 0.3 is 6.16 Å². The van der Waals surface area contributed by atoms with Gasteiger partial charge in [-0.15, -0.1) is 0 Å². The number of non-ortho nitro benzene ring substituents is 1. The smallest absolute Gasteiger partial charge is 0.494 e. The van der Waals surface area contributed by atoms with Crippen LogP contribution in [-0.4, -0.2) is 25.7 Å². The number of halogens is 1. The van der Waals surface area contributed by atoms with Crippen LogP contribution in [0.15, 0.2) is 134 Å². The molecular formula is C38H26FN3O7. The molecule has 0 atom stereocenters. The summed E-state index contributed by atoms with van der Waals surface area (Å²) in [7, 11) is 0. The highest BCUT2D eigenvalue weighted by Crippen LogP contribution is 2.48. The summed E-state index contributed by atoms with van der Waals surface area (Å²) < 4.78 is 33.3. The van der Waals surface area contributed by atoms with Crippen LogP contribution in [0.4, 0.5) is 14.9 Å². The van der Waals surface area contributed by atoms with E-state index < -0.39 is 23.0 Å². The number of carbonyl (C=O) groups is 1. The molecule has 10 nitrogen and oxygen atoms in total. The van der Waals surface area contributed by atoms with Crippen LogP contribution in [0.25, 0.3) is 21.7 Å². The van der Waals surface area contributed by atoms with Gasteiger partial charge in [0.05, 0.1) is 22.2 Å². The van der Waals surface area contributed by atoms with Gasteiger partial charge in [-0.05, 0) is 53.1 Å².